The normalized spacial score (nSPS) is 19.4. The number of esters is 1. The summed E-state index contributed by atoms with van der Waals surface area (Å²) >= 11 is 0. The first-order valence-corrected chi connectivity index (χ1v) is 14.7. The first kappa shape index (κ1) is 30.7. The van der Waals surface area contributed by atoms with Gasteiger partial charge in [-0.2, -0.15) is 0 Å². The van der Waals surface area contributed by atoms with Crippen LogP contribution in [0.3, 0.4) is 0 Å². The van der Waals surface area contributed by atoms with E-state index >= 15 is 0 Å². The molecule has 2 heterocycles. The first-order chi connectivity index (χ1) is 22.4. The van der Waals surface area contributed by atoms with Gasteiger partial charge in [0.2, 0.25) is 0 Å². The Kier molecular flexibility index (Phi) is 8.93. The standard InChI is InChI=1S/C36H32N2O8/c1-43-28-19-17-27(18-20-28)36(25-13-7-3-8-14-25,26-15-9-4-10-16-26)44-23-29-31(40)32(46-34(41)24-11-5-2-6-12-24)33(45-29)38-22-21-30(39)37-35(38)42/h2-22,29,31-33,40H,23H2,1H3,(H,37,39,42)/t29-,31-,32-,33-/m1/s1. The number of methoxy groups -OCH3 is 1. The molecule has 1 aromatic heterocycles. The van der Waals surface area contributed by atoms with Crippen molar-refractivity contribution in [3.8, 4) is 5.75 Å². The Labute approximate surface area is 264 Å². The highest BCUT2D eigenvalue weighted by Gasteiger charge is 2.49. The quantitative estimate of drug-likeness (QED) is 0.177. The van der Waals surface area contributed by atoms with Crippen molar-refractivity contribution in [3.05, 3.63) is 171 Å². The maximum absolute atomic E-state index is 13.1. The van der Waals surface area contributed by atoms with Crippen molar-refractivity contribution in [3.63, 3.8) is 0 Å². The lowest BCUT2D eigenvalue weighted by atomic mass is 9.80. The van der Waals surface area contributed by atoms with Gasteiger partial charge in [-0.25, -0.2) is 9.59 Å². The number of nitrogens with one attached hydrogen (secondary N) is 1. The van der Waals surface area contributed by atoms with Gasteiger partial charge < -0.3 is 24.1 Å². The van der Waals surface area contributed by atoms with Crippen LogP contribution in [0.25, 0.3) is 0 Å². The number of aromatic nitrogens is 2. The largest absolute Gasteiger partial charge is 0.497 e. The third kappa shape index (κ3) is 6.01. The molecule has 0 amide bonds. The molecule has 4 aromatic carbocycles. The van der Waals surface area contributed by atoms with E-state index in [1.165, 1.54) is 6.20 Å². The molecule has 0 spiro atoms. The summed E-state index contributed by atoms with van der Waals surface area (Å²) in [6.45, 7) is -0.176. The van der Waals surface area contributed by atoms with Gasteiger partial charge in [-0.15, -0.1) is 0 Å². The van der Waals surface area contributed by atoms with Gasteiger partial charge in [0.1, 0.15) is 23.6 Å². The Morgan fingerprint density at radius 1 is 0.826 bits per heavy atom. The van der Waals surface area contributed by atoms with Crippen LogP contribution in [0.5, 0.6) is 5.75 Å². The molecule has 0 radical (unpaired) electrons. The number of carbonyl (C=O) groups excluding carboxylic acids is 1. The molecular formula is C36H32N2O8. The van der Waals surface area contributed by atoms with E-state index in [0.717, 1.165) is 27.3 Å². The van der Waals surface area contributed by atoms with Gasteiger partial charge in [-0.1, -0.05) is 91.0 Å². The number of aromatic amines is 1. The Morgan fingerprint density at radius 3 is 1.96 bits per heavy atom. The van der Waals surface area contributed by atoms with Crippen LogP contribution in [0.1, 0.15) is 33.3 Å². The molecule has 5 aromatic rings. The van der Waals surface area contributed by atoms with Crippen LogP contribution in [0, 0.1) is 0 Å². The second-order valence-corrected chi connectivity index (χ2v) is 10.8. The zero-order valence-corrected chi connectivity index (χ0v) is 24.9. The smallest absolute Gasteiger partial charge is 0.338 e. The minimum atomic E-state index is -1.41. The van der Waals surface area contributed by atoms with Gasteiger partial charge in [0.25, 0.3) is 5.56 Å². The summed E-state index contributed by atoms with van der Waals surface area (Å²) in [5, 5.41) is 11.6. The molecule has 1 aliphatic rings. The van der Waals surface area contributed by atoms with Crippen molar-refractivity contribution in [1.82, 2.24) is 9.55 Å². The van der Waals surface area contributed by atoms with Crippen LogP contribution >= 0.6 is 0 Å². The zero-order valence-electron chi connectivity index (χ0n) is 24.9. The van der Waals surface area contributed by atoms with Crippen molar-refractivity contribution < 1.29 is 28.8 Å². The average Bonchev–Trinajstić information content (AvgIpc) is 3.40. The molecule has 1 aliphatic heterocycles. The molecule has 6 rings (SSSR count). The van der Waals surface area contributed by atoms with Crippen LogP contribution in [0.2, 0.25) is 0 Å². The van der Waals surface area contributed by atoms with Gasteiger partial charge in [0.05, 0.1) is 19.3 Å². The van der Waals surface area contributed by atoms with Crippen molar-refractivity contribution >= 4 is 5.97 Å². The molecule has 2 N–H and O–H groups in total. The van der Waals surface area contributed by atoms with E-state index in [1.807, 2.05) is 84.9 Å². The second kappa shape index (κ2) is 13.4. The Morgan fingerprint density at radius 2 is 1.39 bits per heavy atom. The highest BCUT2D eigenvalue weighted by Crippen LogP contribution is 2.42. The van der Waals surface area contributed by atoms with Gasteiger partial charge in [0, 0.05) is 12.3 Å². The molecule has 0 unspecified atom stereocenters. The van der Waals surface area contributed by atoms with Crippen molar-refractivity contribution in [2.45, 2.75) is 30.1 Å². The molecule has 1 fully saturated rings. The number of nitrogens with zero attached hydrogens (tertiary/aromatic N) is 1. The summed E-state index contributed by atoms with van der Waals surface area (Å²) in [7, 11) is 1.59. The van der Waals surface area contributed by atoms with E-state index in [4.69, 9.17) is 18.9 Å². The van der Waals surface area contributed by atoms with Crippen molar-refractivity contribution in [2.24, 2.45) is 0 Å². The molecule has 1 saturated heterocycles. The van der Waals surface area contributed by atoms with E-state index < -0.39 is 47.4 Å². The summed E-state index contributed by atoms with van der Waals surface area (Å²) < 4.78 is 25.4. The lowest BCUT2D eigenvalue weighted by molar-refractivity contribution is -0.0962. The average molecular weight is 621 g/mol. The molecule has 10 nitrogen and oxygen atoms in total. The number of benzene rings is 4. The predicted molar refractivity (Wildman–Crippen MR) is 169 cm³/mol. The SMILES string of the molecule is COc1ccc(C(OC[C@H]2O[C@@H](n3ccc(=O)[nH]c3=O)[C@H](OC(=O)c3ccccc3)[C@@H]2O)(c2ccccc2)c2ccccc2)cc1. The Bertz CT molecular complexity index is 1840. The maximum Gasteiger partial charge on any atom is 0.338 e. The summed E-state index contributed by atoms with van der Waals surface area (Å²) in [5.41, 5.74) is 0.132. The van der Waals surface area contributed by atoms with E-state index in [2.05, 4.69) is 4.98 Å². The van der Waals surface area contributed by atoms with Gasteiger partial charge in [-0.05, 0) is 41.0 Å². The second-order valence-electron chi connectivity index (χ2n) is 10.8. The van der Waals surface area contributed by atoms with Crippen LogP contribution in [0.4, 0.5) is 0 Å². The number of carbonyl (C=O) groups is 1. The Balaban J connectivity index is 1.39. The van der Waals surface area contributed by atoms with E-state index in [9.17, 15) is 19.5 Å². The molecule has 234 valence electrons. The number of hydrogen-bond donors (Lipinski definition) is 2. The summed E-state index contributed by atoms with van der Waals surface area (Å²) in [4.78, 5) is 40.0. The van der Waals surface area contributed by atoms with Crippen LogP contribution in [-0.2, 0) is 19.8 Å². The molecule has 0 saturated carbocycles. The molecule has 10 heteroatoms. The van der Waals surface area contributed by atoms with Crippen molar-refractivity contribution in [1.29, 1.82) is 0 Å². The fraction of sp³-hybridized carbons (Fsp3) is 0.194. The number of hydrogen-bond acceptors (Lipinski definition) is 8. The lowest BCUT2D eigenvalue weighted by Gasteiger charge is -2.37. The number of ether oxygens (including phenoxy) is 4. The van der Waals surface area contributed by atoms with Crippen LogP contribution < -0.4 is 16.0 Å². The van der Waals surface area contributed by atoms with Crippen molar-refractivity contribution in [2.75, 3.05) is 13.7 Å². The minimum Gasteiger partial charge on any atom is -0.497 e. The summed E-state index contributed by atoms with van der Waals surface area (Å²) in [6.07, 6.45) is -3.79. The van der Waals surface area contributed by atoms with Crippen LogP contribution in [0.15, 0.2) is 137 Å². The fourth-order valence-corrected chi connectivity index (χ4v) is 5.73. The molecule has 0 bridgehead atoms. The number of aliphatic hydroxyl groups is 1. The Hall–Kier alpha value is -5.29. The van der Waals surface area contributed by atoms with Gasteiger partial charge >= 0.3 is 11.7 Å². The molecule has 4 atom stereocenters. The highest BCUT2D eigenvalue weighted by atomic mass is 16.6. The summed E-state index contributed by atoms with van der Waals surface area (Å²) in [6, 6.07) is 36.3. The number of rotatable bonds is 10. The molecule has 0 aliphatic carbocycles. The fourth-order valence-electron chi connectivity index (χ4n) is 5.73. The molecular weight excluding hydrogens is 588 g/mol. The monoisotopic (exact) mass is 620 g/mol. The van der Waals surface area contributed by atoms with Gasteiger partial charge in [-0.3, -0.25) is 14.3 Å². The number of H-pyrrole nitrogens is 1. The maximum atomic E-state index is 13.1. The third-order valence-corrected chi connectivity index (χ3v) is 8.01. The van der Waals surface area contributed by atoms with E-state index in [0.29, 0.717) is 5.75 Å². The zero-order chi connectivity index (χ0) is 32.1. The predicted octanol–water partition coefficient (Wildman–Crippen LogP) is 4.04. The van der Waals surface area contributed by atoms with E-state index in [1.54, 1.807) is 37.4 Å². The first-order valence-electron chi connectivity index (χ1n) is 14.7. The summed E-state index contributed by atoms with van der Waals surface area (Å²) in [5.74, 6) is -0.0379. The topological polar surface area (TPSA) is 129 Å². The highest BCUT2D eigenvalue weighted by molar-refractivity contribution is 5.89. The number of aliphatic hydroxyl groups excluding tert-OH is 1. The van der Waals surface area contributed by atoms with Gasteiger partial charge in [0.15, 0.2) is 12.3 Å². The van der Waals surface area contributed by atoms with Crippen LogP contribution in [-0.4, -0.2) is 52.7 Å². The van der Waals surface area contributed by atoms with E-state index in [-0.39, 0.29) is 12.2 Å². The molecule has 46 heavy (non-hydrogen) atoms. The minimum absolute atomic E-state index is 0.176. The third-order valence-electron chi connectivity index (χ3n) is 8.01. The lowest BCUT2D eigenvalue weighted by Crippen LogP contribution is -2.41.